The average molecular weight is 139 g/mol. The van der Waals surface area contributed by atoms with Crippen molar-refractivity contribution in [3.8, 4) is 0 Å². The first-order valence-corrected chi connectivity index (χ1v) is 3.26. The van der Waals surface area contributed by atoms with Crippen LogP contribution in [0.2, 0.25) is 0 Å². The Bertz CT molecular complexity index is 216. The smallest absolute Gasteiger partial charge is 0.273 e. The van der Waals surface area contributed by atoms with Crippen LogP contribution in [-0.4, -0.2) is 16.7 Å². The minimum atomic E-state index is -0.346. The molecule has 0 saturated heterocycles. The number of rotatable bonds is 2. The first-order valence-electron chi connectivity index (χ1n) is 3.26. The number of carbonyl (C=O) groups is 1. The van der Waals surface area contributed by atoms with Crippen molar-refractivity contribution in [2.75, 3.05) is 0 Å². The third-order valence-corrected chi connectivity index (χ3v) is 1.29. The number of allylic oxidation sites excluding steroid dienone is 1. The number of aliphatic hydroxyl groups is 1. The Labute approximate surface area is 59.1 Å². The first kappa shape index (κ1) is 6.99. The number of hydrogen-bond donors (Lipinski definition) is 1. The molecule has 1 rings (SSSR count). The van der Waals surface area contributed by atoms with Crippen LogP contribution in [-0.2, 0) is 4.79 Å². The largest absolute Gasteiger partial charge is 0.506 e. The van der Waals surface area contributed by atoms with E-state index in [0.717, 1.165) is 12.5 Å². The molecule has 1 aliphatic heterocycles. The van der Waals surface area contributed by atoms with E-state index in [4.69, 9.17) is 5.11 Å². The van der Waals surface area contributed by atoms with Crippen LogP contribution >= 0.6 is 0 Å². The molecule has 54 valence electrons. The van der Waals surface area contributed by atoms with E-state index >= 15 is 0 Å². The Balaban J connectivity index is 2.70. The molecule has 0 aromatic carbocycles. The molecule has 0 spiro atoms. The average Bonchev–Trinajstić information content (AvgIpc) is 2.13. The maximum atomic E-state index is 10.5. The summed E-state index contributed by atoms with van der Waals surface area (Å²) >= 11 is 0. The highest BCUT2D eigenvalue weighted by atomic mass is 16.3. The highest BCUT2D eigenvalue weighted by Crippen LogP contribution is 2.08. The predicted octanol–water partition coefficient (Wildman–Crippen LogP) is 1.21. The molecule has 0 aromatic rings. The lowest BCUT2D eigenvalue weighted by Crippen LogP contribution is -1.97. The van der Waals surface area contributed by atoms with Gasteiger partial charge in [-0.1, -0.05) is 13.3 Å². The Morgan fingerprint density at radius 3 is 2.80 bits per heavy atom. The van der Waals surface area contributed by atoms with E-state index in [0.29, 0.717) is 12.1 Å². The van der Waals surface area contributed by atoms with Gasteiger partial charge in [0.2, 0.25) is 0 Å². The molecular weight excluding hydrogens is 130 g/mol. The van der Waals surface area contributed by atoms with Crippen molar-refractivity contribution < 1.29 is 9.90 Å². The summed E-state index contributed by atoms with van der Waals surface area (Å²) in [5, 5.41) is 9.00. The lowest BCUT2D eigenvalue weighted by atomic mass is 10.2. The molecule has 0 bridgehead atoms. The van der Waals surface area contributed by atoms with Crippen molar-refractivity contribution >= 4 is 11.6 Å². The van der Waals surface area contributed by atoms with Gasteiger partial charge in [-0.3, -0.25) is 4.79 Å². The van der Waals surface area contributed by atoms with Crippen molar-refractivity contribution in [3.63, 3.8) is 0 Å². The quantitative estimate of drug-likeness (QED) is 0.625. The van der Waals surface area contributed by atoms with Crippen LogP contribution < -0.4 is 0 Å². The number of amides is 1. The Morgan fingerprint density at radius 2 is 2.40 bits per heavy atom. The molecule has 0 aliphatic carbocycles. The Kier molecular flexibility index (Phi) is 1.85. The zero-order valence-corrected chi connectivity index (χ0v) is 5.79. The fourth-order valence-electron chi connectivity index (χ4n) is 0.844. The van der Waals surface area contributed by atoms with E-state index in [1.807, 2.05) is 6.92 Å². The fourth-order valence-corrected chi connectivity index (χ4v) is 0.844. The van der Waals surface area contributed by atoms with Gasteiger partial charge in [0.15, 0.2) is 0 Å². The summed E-state index contributed by atoms with van der Waals surface area (Å²) in [5.41, 5.74) is 0.521. The molecule has 1 heterocycles. The van der Waals surface area contributed by atoms with Crippen LogP contribution in [0.15, 0.2) is 16.8 Å². The van der Waals surface area contributed by atoms with Gasteiger partial charge in [-0.15, -0.1) is 0 Å². The molecule has 10 heavy (non-hydrogen) atoms. The maximum absolute atomic E-state index is 10.5. The van der Waals surface area contributed by atoms with Gasteiger partial charge in [-0.05, 0) is 6.42 Å². The number of aliphatic hydroxyl groups excluding tert-OH is 1. The van der Waals surface area contributed by atoms with Gasteiger partial charge in [0, 0.05) is 6.08 Å². The highest BCUT2D eigenvalue weighted by Gasteiger charge is 2.14. The minimum Gasteiger partial charge on any atom is -0.506 e. The van der Waals surface area contributed by atoms with Crippen molar-refractivity contribution in [2.45, 2.75) is 19.8 Å². The number of aliphatic imine (C=N–C) groups is 1. The molecule has 3 heteroatoms. The highest BCUT2D eigenvalue weighted by molar-refractivity contribution is 6.15. The summed E-state index contributed by atoms with van der Waals surface area (Å²) in [6, 6.07) is 0. The number of hydrogen-bond acceptors (Lipinski definition) is 2. The monoisotopic (exact) mass is 139 g/mol. The van der Waals surface area contributed by atoms with Gasteiger partial charge >= 0.3 is 0 Å². The van der Waals surface area contributed by atoms with Crippen LogP contribution in [0.4, 0.5) is 0 Å². The number of nitrogens with zero attached hydrogens (tertiary/aromatic N) is 1. The molecule has 0 aromatic heterocycles. The normalized spacial score (nSPS) is 17.1. The fraction of sp³-hybridized carbons (Fsp3) is 0.429. The maximum Gasteiger partial charge on any atom is 0.273 e. The van der Waals surface area contributed by atoms with Crippen molar-refractivity contribution in [1.82, 2.24) is 0 Å². The van der Waals surface area contributed by atoms with E-state index < -0.39 is 0 Å². The lowest BCUT2D eigenvalue weighted by Gasteiger charge is -1.94. The second-order valence-electron chi connectivity index (χ2n) is 2.18. The molecule has 0 fully saturated rings. The Hall–Kier alpha value is -1.12. The summed E-state index contributed by atoms with van der Waals surface area (Å²) in [5.74, 6) is -0.312. The van der Waals surface area contributed by atoms with Crippen LogP contribution in [0, 0.1) is 0 Å². The molecule has 0 radical (unpaired) electrons. The zero-order chi connectivity index (χ0) is 7.56. The van der Waals surface area contributed by atoms with Gasteiger partial charge in [0.1, 0.15) is 5.76 Å². The molecule has 0 unspecified atom stereocenters. The molecule has 1 aliphatic rings. The van der Waals surface area contributed by atoms with Gasteiger partial charge in [0.25, 0.3) is 5.91 Å². The molecule has 0 atom stereocenters. The van der Waals surface area contributed by atoms with E-state index in [-0.39, 0.29) is 11.7 Å². The molecule has 0 saturated carbocycles. The topological polar surface area (TPSA) is 49.7 Å². The zero-order valence-electron chi connectivity index (χ0n) is 5.79. The van der Waals surface area contributed by atoms with E-state index in [1.54, 1.807) is 0 Å². The third-order valence-electron chi connectivity index (χ3n) is 1.29. The third kappa shape index (κ3) is 1.23. The summed E-state index contributed by atoms with van der Waals surface area (Å²) in [6.07, 6.45) is 2.71. The van der Waals surface area contributed by atoms with Crippen molar-refractivity contribution in [3.05, 3.63) is 11.8 Å². The Morgan fingerprint density at radius 1 is 1.70 bits per heavy atom. The summed E-state index contributed by atoms with van der Waals surface area (Å²) in [6.45, 7) is 1.97. The van der Waals surface area contributed by atoms with E-state index in [1.165, 1.54) is 0 Å². The van der Waals surface area contributed by atoms with Crippen LogP contribution in [0.5, 0.6) is 0 Å². The predicted molar refractivity (Wildman–Crippen MR) is 38.1 cm³/mol. The van der Waals surface area contributed by atoms with E-state index in [2.05, 4.69) is 4.99 Å². The van der Waals surface area contributed by atoms with Gasteiger partial charge in [0.05, 0.1) is 5.71 Å². The van der Waals surface area contributed by atoms with Crippen LogP contribution in [0.1, 0.15) is 19.8 Å². The summed E-state index contributed by atoms with van der Waals surface area (Å²) in [4.78, 5) is 14.1. The minimum absolute atomic E-state index is 0.0341. The van der Waals surface area contributed by atoms with Crippen molar-refractivity contribution in [2.24, 2.45) is 4.99 Å². The number of carbonyl (C=O) groups excluding carboxylic acids is 1. The second-order valence-corrected chi connectivity index (χ2v) is 2.18. The van der Waals surface area contributed by atoms with Gasteiger partial charge in [-0.2, -0.15) is 0 Å². The molecule has 1 N–H and O–H groups in total. The van der Waals surface area contributed by atoms with Gasteiger partial charge in [-0.25, -0.2) is 4.99 Å². The van der Waals surface area contributed by atoms with Crippen molar-refractivity contribution in [1.29, 1.82) is 0 Å². The second kappa shape index (κ2) is 2.64. The summed E-state index contributed by atoms with van der Waals surface area (Å²) in [7, 11) is 0. The summed E-state index contributed by atoms with van der Waals surface area (Å²) < 4.78 is 0. The molecule has 3 nitrogen and oxygen atoms in total. The van der Waals surface area contributed by atoms with E-state index in [9.17, 15) is 4.79 Å². The standard InChI is InChI=1S/C7H9NO2/c1-2-3-5-6(9)4-7(10)8-5/h4,9H,2-3H2,1H3. The SMILES string of the molecule is CCCC1=NC(=O)C=C1O. The molecule has 1 amide bonds. The van der Waals surface area contributed by atoms with Gasteiger partial charge < -0.3 is 5.11 Å². The first-order chi connectivity index (χ1) is 4.74. The van der Waals surface area contributed by atoms with Crippen LogP contribution in [0.25, 0.3) is 0 Å². The molecular formula is C7H9NO2. The van der Waals surface area contributed by atoms with Crippen LogP contribution in [0.3, 0.4) is 0 Å². The lowest BCUT2D eigenvalue weighted by molar-refractivity contribution is -0.113.